The first kappa shape index (κ1) is 35.3. The molecule has 11 aromatic rings. The number of para-hydroxylation sites is 2. The molecule has 2 heteroatoms. The lowest BCUT2D eigenvalue weighted by atomic mass is 9.82. The van der Waals surface area contributed by atoms with Crippen LogP contribution in [0.15, 0.2) is 218 Å². The van der Waals surface area contributed by atoms with Crippen LogP contribution < -0.4 is 4.90 Å². The smallest absolute Gasteiger partial charge is 0.0541 e. The van der Waals surface area contributed by atoms with Gasteiger partial charge in [-0.2, -0.15) is 0 Å². The maximum absolute atomic E-state index is 2.42. The van der Waals surface area contributed by atoms with Crippen molar-refractivity contribution in [3.05, 3.63) is 230 Å². The molecule has 2 nitrogen and oxygen atoms in total. The van der Waals surface area contributed by atoms with E-state index in [4.69, 9.17) is 0 Å². The lowest BCUT2D eigenvalue weighted by Gasteiger charge is -2.28. The summed E-state index contributed by atoms with van der Waals surface area (Å²) in [5, 5.41) is 7.61. The van der Waals surface area contributed by atoms with Crippen LogP contribution >= 0.6 is 0 Å². The first-order valence-corrected chi connectivity index (χ1v) is 21.3. The van der Waals surface area contributed by atoms with Gasteiger partial charge in [-0.05, 0) is 139 Å². The minimum atomic E-state index is -0.106. The summed E-state index contributed by atoms with van der Waals surface area (Å²) < 4.78 is 2.37. The summed E-state index contributed by atoms with van der Waals surface area (Å²) in [5.41, 5.74) is 17.1. The summed E-state index contributed by atoms with van der Waals surface area (Å²) in [4.78, 5) is 2.41. The highest BCUT2D eigenvalue weighted by atomic mass is 15.1. The minimum Gasteiger partial charge on any atom is -0.310 e. The van der Waals surface area contributed by atoms with Crippen molar-refractivity contribution in [1.29, 1.82) is 0 Å². The van der Waals surface area contributed by atoms with Gasteiger partial charge in [0.1, 0.15) is 0 Å². The molecule has 0 saturated carbocycles. The second-order valence-electron chi connectivity index (χ2n) is 17.0. The van der Waals surface area contributed by atoms with Crippen molar-refractivity contribution in [3.63, 3.8) is 0 Å². The first-order valence-electron chi connectivity index (χ1n) is 21.3. The van der Waals surface area contributed by atoms with Crippen molar-refractivity contribution in [2.24, 2.45) is 0 Å². The number of aromatic nitrogens is 1. The maximum atomic E-state index is 2.42. The first-order chi connectivity index (χ1) is 30.0. The number of nitrogens with zero attached hydrogens (tertiary/aromatic N) is 2. The Labute approximate surface area is 356 Å². The molecule has 0 aliphatic heterocycles. The third-order valence-electron chi connectivity index (χ3n) is 13.2. The zero-order valence-electron chi connectivity index (χ0n) is 34.2. The highest BCUT2D eigenvalue weighted by molar-refractivity contribution is 6.11. The van der Waals surface area contributed by atoms with Gasteiger partial charge in [0.15, 0.2) is 0 Å². The van der Waals surface area contributed by atoms with Gasteiger partial charge in [-0.1, -0.05) is 159 Å². The number of benzene rings is 10. The zero-order valence-corrected chi connectivity index (χ0v) is 34.2. The fourth-order valence-corrected chi connectivity index (χ4v) is 10.1. The molecule has 0 unspecified atom stereocenters. The molecule has 0 atom stereocenters. The van der Waals surface area contributed by atoms with Crippen molar-refractivity contribution < 1.29 is 0 Å². The Kier molecular flexibility index (Phi) is 7.92. The molecular weight excluding hydrogens is 737 g/mol. The maximum Gasteiger partial charge on any atom is 0.0541 e. The van der Waals surface area contributed by atoms with Gasteiger partial charge in [0.25, 0.3) is 0 Å². The number of hydrogen-bond acceptors (Lipinski definition) is 1. The molecule has 0 saturated heterocycles. The molecule has 1 aromatic heterocycles. The highest BCUT2D eigenvalue weighted by Crippen LogP contribution is 2.51. The monoisotopic (exact) mass is 778 g/mol. The van der Waals surface area contributed by atoms with Gasteiger partial charge in [0.2, 0.25) is 0 Å². The standard InChI is InChI=1S/C59H42N2/c1-59(2)55-18-10-8-16-51(55)52-34-32-48(38-56(52)59)60(46-28-22-39(23-29-46)42-26-33-50-44(36-42)21-20-41-12-6-7-15-49(41)50)47-30-24-40(25-31-47)43-27-35-58-54(37-43)53-17-9-11-19-57(53)61(58)45-13-4-3-5-14-45/h3-38H,1-2H3. The van der Waals surface area contributed by atoms with Crippen molar-refractivity contribution >= 4 is 60.4 Å². The fourth-order valence-electron chi connectivity index (χ4n) is 10.1. The van der Waals surface area contributed by atoms with Crippen LogP contribution in [0, 0.1) is 0 Å². The topological polar surface area (TPSA) is 8.17 Å². The second-order valence-corrected chi connectivity index (χ2v) is 17.0. The van der Waals surface area contributed by atoms with Crippen LogP contribution in [0.3, 0.4) is 0 Å². The predicted molar refractivity (Wildman–Crippen MR) is 259 cm³/mol. The van der Waals surface area contributed by atoms with Crippen LogP contribution in [0.25, 0.3) is 82.4 Å². The van der Waals surface area contributed by atoms with Crippen LogP contribution in [0.2, 0.25) is 0 Å². The lowest BCUT2D eigenvalue weighted by molar-refractivity contribution is 0.660. The van der Waals surface area contributed by atoms with Crippen LogP contribution in [0.4, 0.5) is 17.1 Å². The summed E-state index contributed by atoms with van der Waals surface area (Å²) >= 11 is 0. The van der Waals surface area contributed by atoms with Crippen LogP contribution in [0.5, 0.6) is 0 Å². The van der Waals surface area contributed by atoms with E-state index >= 15 is 0 Å². The SMILES string of the molecule is CC1(C)c2ccccc2-c2ccc(N(c3ccc(-c4ccc5c(ccc6ccccc65)c4)cc3)c3ccc(-c4ccc5c(c4)c4ccccc4n5-c4ccccc4)cc3)cc21. The summed E-state index contributed by atoms with van der Waals surface area (Å²) in [5.74, 6) is 0. The van der Waals surface area contributed by atoms with E-state index in [1.807, 2.05) is 0 Å². The Morgan fingerprint density at radius 1 is 0.344 bits per heavy atom. The van der Waals surface area contributed by atoms with E-state index in [1.54, 1.807) is 0 Å². The van der Waals surface area contributed by atoms with Gasteiger partial charge in [0, 0.05) is 38.9 Å². The number of rotatable bonds is 6. The molecule has 1 aliphatic rings. The van der Waals surface area contributed by atoms with Gasteiger partial charge in [-0.15, -0.1) is 0 Å². The van der Waals surface area contributed by atoms with E-state index in [0.717, 1.165) is 17.1 Å². The van der Waals surface area contributed by atoms with E-state index in [0.29, 0.717) is 0 Å². The molecule has 10 aromatic carbocycles. The van der Waals surface area contributed by atoms with E-state index in [1.165, 1.54) is 93.5 Å². The lowest BCUT2D eigenvalue weighted by Crippen LogP contribution is -2.16. The summed E-state index contributed by atoms with van der Waals surface area (Å²) in [7, 11) is 0. The van der Waals surface area contributed by atoms with E-state index < -0.39 is 0 Å². The fraction of sp³-hybridized carbons (Fsp3) is 0.0508. The molecule has 1 aliphatic carbocycles. The van der Waals surface area contributed by atoms with Gasteiger partial charge >= 0.3 is 0 Å². The largest absolute Gasteiger partial charge is 0.310 e. The Morgan fingerprint density at radius 3 is 1.69 bits per heavy atom. The molecule has 12 rings (SSSR count). The molecule has 0 N–H and O–H groups in total. The molecule has 61 heavy (non-hydrogen) atoms. The highest BCUT2D eigenvalue weighted by Gasteiger charge is 2.35. The zero-order chi connectivity index (χ0) is 40.7. The normalized spacial score (nSPS) is 12.9. The van der Waals surface area contributed by atoms with Crippen molar-refractivity contribution in [3.8, 4) is 39.1 Å². The summed E-state index contributed by atoms with van der Waals surface area (Å²) in [6, 6.07) is 80.4. The molecule has 0 fully saturated rings. The molecule has 0 spiro atoms. The molecular formula is C59H42N2. The Balaban J connectivity index is 0.946. The number of hydrogen-bond donors (Lipinski definition) is 0. The molecule has 1 heterocycles. The third-order valence-corrected chi connectivity index (χ3v) is 13.2. The third kappa shape index (κ3) is 5.64. The molecule has 0 radical (unpaired) electrons. The summed E-state index contributed by atoms with van der Waals surface area (Å²) in [6.07, 6.45) is 0. The molecule has 0 bridgehead atoms. The van der Waals surface area contributed by atoms with E-state index in [9.17, 15) is 0 Å². The quantitative estimate of drug-likeness (QED) is 0.153. The van der Waals surface area contributed by atoms with Gasteiger partial charge in [-0.3, -0.25) is 0 Å². The predicted octanol–water partition coefficient (Wildman–Crippen LogP) is 16.2. The number of fused-ring (bicyclic) bond motifs is 9. The number of anilines is 3. The average Bonchev–Trinajstić information content (AvgIpc) is 3.77. The van der Waals surface area contributed by atoms with Gasteiger partial charge in [-0.25, -0.2) is 0 Å². The van der Waals surface area contributed by atoms with Crippen LogP contribution in [-0.4, -0.2) is 4.57 Å². The van der Waals surface area contributed by atoms with Crippen molar-refractivity contribution in [2.45, 2.75) is 19.3 Å². The Hall–Kier alpha value is -7.68. The van der Waals surface area contributed by atoms with Gasteiger partial charge < -0.3 is 9.47 Å². The van der Waals surface area contributed by atoms with E-state index in [2.05, 4.69) is 242 Å². The van der Waals surface area contributed by atoms with E-state index in [-0.39, 0.29) is 5.41 Å². The van der Waals surface area contributed by atoms with Crippen molar-refractivity contribution in [2.75, 3.05) is 4.90 Å². The average molecular weight is 779 g/mol. The summed E-state index contributed by atoms with van der Waals surface area (Å²) in [6.45, 7) is 4.71. The Bertz CT molecular complexity index is 3480. The van der Waals surface area contributed by atoms with Crippen LogP contribution in [0.1, 0.15) is 25.0 Å². The Morgan fingerprint density at radius 2 is 0.902 bits per heavy atom. The minimum absolute atomic E-state index is 0.106. The van der Waals surface area contributed by atoms with Crippen molar-refractivity contribution in [1.82, 2.24) is 4.57 Å². The van der Waals surface area contributed by atoms with Gasteiger partial charge in [0.05, 0.1) is 11.0 Å². The second kappa shape index (κ2) is 13.7. The molecule has 288 valence electrons. The van der Waals surface area contributed by atoms with Crippen LogP contribution in [-0.2, 0) is 5.41 Å². The molecule has 0 amide bonds.